The first kappa shape index (κ1) is 23.7. The van der Waals surface area contributed by atoms with E-state index in [2.05, 4.69) is 15.7 Å². The number of carbonyl (C=O) groups excluding carboxylic acids is 3. The summed E-state index contributed by atoms with van der Waals surface area (Å²) in [5.74, 6) is -3.56. The Morgan fingerprint density at radius 3 is 2.51 bits per heavy atom. The van der Waals surface area contributed by atoms with Crippen LogP contribution in [0.4, 0.5) is 13.6 Å². The molecule has 9 nitrogen and oxygen atoms in total. The predicted octanol–water partition coefficient (Wildman–Crippen LogP) is 1.67. The van der Waals surface area contributed by atoms with Crippen molar-refractivity contribution in [3.05, 3.63) is 88.2 Å². The van der Waals surface area contributed by atoms with Crippen LogP contribution in [0.1, 0.15) is 5.56 Å². The lowest BCUT2D eigenvalue weighted by molar-refractivity contribution is -0.141. The van der Waals surface area contributed by atoms with Gasteiger partial charge in [0.15, 0.2) is 0 Å². The number of halogens is 2. The van der Waals surface area contributed by atoms with Crippen LogP contribution in [0.25, 0.3) is 11.3 Å². The normalized spacial score (nSPS) is 15.6. The molecule has 2 aromatic carbocycles. The zero-order chi connectivity index (χ0) is 24.9. The highest BCUT2D eigenvalue weighted by atomic mass is 19.1. The van der Waals surface area contributed by atoms with Gasteiger partial charge in [0.25, 0.3) is 5.56 Å². The van der Waals surface area contributed by atoms with Crippen LogP contribution < -0.4 is 16.2 Å². The van der Waals surface area contributed by atoms with Gasteiger partial charge in [0, 0.05) is 30.3 Å². The largest absolute Gasteiger partial charge is 0.353 e. The second-order valence-corrected chi connectivity index (χ2v) is 7.83. The van der Waals surface area contributed by atoms with Crippen molar-refractivity contribution < 1.29 is 23.2 Å². The summed E-state index contributed by atoms with van der Waals surface area (Å²) in [6, 6.07) is 13.5. The lowest BCUT2D eigenvalue weighted by Crippen LogP contribution is -2.58. The highest BCUT2D eigenvalue weighted by molar-refractivity contribution is 6.08. The Morgan fingerprint density at radius 2 is 1.77 bits per heavy atom. The minimum Gasteiger partial charge on any atom is -0.353 e. The summed E-state index contributed by atoms with van der Waals surface area (Å²) >= 11 is 0. The van der Waals surface area contributed by atoms with E-state index in [9.17, 15) is 28.0 Å². The Bertz CT molecular complexity index is 1330. The van der Waals surface area contributed by atoms with Crippen LogP contribution in [0, 0.1) is 17.6 Å². The maximum absolute atomic E-state index is 14.0. The Morgan fingerprint density at radius 1 is 1.03 bits per heavy atom. The number of imide groups is 1. The third-order valence-corrected chi connectivity index (χ3v) is 5.50. The molecule has 1 saturated heterocycles. The van der Waals surface area contributed by atoms with E-state index in [1.54, 1.807) is 6.07 Å². The smallest absolute Gasteiger partial charge is 0.324 e. The number of amides is 4. The molecule has 0 radical (unpaired) electrons. The zero-order valence-electron chi connectivity index (χ0n) is 18.4. The summed E-state index contributed by atoms with van der Waals surface area (Å²) < 4.78 is 28.3. The number of benzene rings is 2. The number of carbonyl (C=O) groups is 3. The molecule has 0 aliphatic carbocycles. The lowest BCUT2D eigenvalue weighted by Gasteiger charge is -2.30. The molecule has 0 saturated carbocycles. The molecule has 0 spiro atoms. The van der Waals surface area contributed by atoms with E-state index in [1.807, 2.05) is 0 Å². The van der Waals surface area contributed by atoms with Crippen molar-refractivity contribution in [2.24, 2.45) is 5.92 Å². The van der Waals surface area contributed by atoms with Gasteiger partial charge in [-0.25, -0.2) is 18.3 Å². The van der Waals surface area contributed by atoms with E-state index in [-0.39, 0.29) is 31.7 Å². The predicted molar refractivity (Wildman–Crippen MR) is 121 cm³/mol. The average Bonchev–Trinajstić information content (AvgIpc) is 2.84. The van der Waals surface area contributed by atoms with E-state index in [0.717, 1.165) is 9.58 Å². The first-order valence-electron chi connectivity index (χ1n) is 10.8. The van der Waals surface area contributed by atoms with Crippen molar-refractivity contribution in [3.8, 4) is 11.3 Å². The van der Waals surface area contributed by atoms with E-state index < -0.39 is 41.0 Å². The van der Waals surface area contributed by atoms with Crippen LogP contribution >= 0.6 is 0 Å². The molecule has 180 valence electrons. The van der Waals surface area contributed by atoms with Crippen molar-refractivity contribution >= 4 is 17.8 Å². The van der Waals surface area contributed by atoms with Crippen LogP contribution in [0.5, 0.6) is 0 Å². The molecule has 1 aliphatic heterocycles. The van der Waals surface area contributed by atoms with Gasteiger partial charge in [-0.1, -0.05) is 18.2 Å². The number of urea groups is 1. The minimum absolute atomic E-state index is 0.0103. The first-order chi connectivity index (χ1) is 16.8. The highest BCUT2D eigenvalue weighted by Gasteiger charge is 2.38. The standard InChI is InChI=1S/C24H21F2N5O4/c25-17-7-5-15(6-8-17)20-9-10-21(32)31(29-20)12-11-27-22(33)18-13-28-24(35)30(23(18)34)14-16-3-1-2-4-19(16)26/h1-10,18H,11-14H2,(H,27,33)(H,28,35). The van der Waals surface area contributed by atoms with Gasteiger partial charge in [-0.3, -0.25) is 19.3 Å². The fraction of sp³-hybridized carbons (Fsp3) is 0.208. The Balaban J connectivity index is 1.38. The van der Waals surface area contributed by atoms with E-state index >= 15 is 0 Å². The van der Waals surface area contributed by atoms with Crippen LogP contribution in [-0.2, 0) is 22.7 Å². The molecule has 3 aromatic rings. The van der Waals surface area contributed by atoms with Gasteiger partial charge in [-0.15, -0.1) is 0 Å². The molecule has 1 atom stereocenters. The molecular weight excluding hydrogens is 460 g/mol. The third-order valence-electron chi connectivity index (χ3n) is 5.50. The number of nitrogens with zero attached hydrogens (tertiary/aromatic N) is 3. The van der Waals surface area contributed by atoms with Gasteiger partial charge in [-0.2, -0.15) is 5.10 Å². The number of hydrogen-bond donors (Lipinski definition) is 2. The second kappa shape index (κ2) is 10.2. The molecule has 1 unspecified atom stereocenters. The molecule has 1 aromatic heterocycles. The number of aromatic nitrogens is 2. The van der Waals surface area contributed by atoms with Crippen molar-refractivity contribution in [2.75, 3.05) is 13.1 Å². The number of hydrogen-bond acceptors (Lipinski definition) is 5. The Labute approximate surface area is 198 Å². The summed E-state index contributed by atoms with van der Waals surface area (Å²) in [5, 5.41) is 9.28. The monoisotopic (exact) mass is 481 g/mol. The van der Waals surface area contributed by atoms with E-state index in [1.165, 1.54) is 54.6 Å². The van der Waals surface area contributed by atoms with Crippen molar-refractivity contribution in [3.63, 3.8) is 0 Å². The average molecular weight is 481 g/mol. The molecule has 1 aliphatic rings. The Hall–Kier alpha value is -4.41. The van der Waals surface area contributed by atoms with Crippen LogP contribution in [0.3, 0.4) is 0 Å². The third kappa shape index (κ3) is 5.40. The Kier molecular flexibility index (Phi) is 6.95. The molecule has 11 heteroatoms. The van der Waals surface area contributed by atoms with Gasteiger partial charge < -0.3 is 10.6 Å². The second-order valence-electron chi connectivity index (χ2n) is 7.83. The first-order valence-corrected chi connectivity index (χ1v) is 10.8. The molecule has 0 bridgehead atoms. The SMILES string of the molecule is O=C(NCCn1nc(-c2ccc(F)cc2)ccc1=O)C1CNC(=O)N(Cc2ccccc2F)C1=O. The van der Waals surface area contributed by atoms with Gasteiger partial charge in [-0.05, 0) is 36.4 Å². The van der Waals surface area contributed by atoms with Crippen molar-refractivity contribution in [1.82, 2.24) is 25.3 Å². The van der Waals surface area contributed by atoms with E-state index in [0.29, 0.717) is 11.3 Å². The van der Waals surface area contributed by atoms with Gasteiger partial charge >= 0.3 is 6.03 Å². The summed E-state index contributed by atoms with van der Waals surface area (Å²) in [6.07, 6.45) is 0. The lowest BCUT2D eigenvalue weighted by atomic mass is 10.0. The summed E-state index contributed by atoms with van der Waals surface area (Å²) in [5.41, 5.74) is 0.804. The van der Waals surface area contributed by atoms with E-state index in [4.69, 9.17) is 0 Å². The molecule has 1 fully saturated rings. The summed E-state index contributed by atoms with van der Waals surface area (Å²) in [7, 11) is 0. The van der Waals surface area contributed by atoms with Crippen molar-refractivity contribution in [2.45, 2.75) is 13.1 Å². The topological polar surface area (TPSA) is 113 Å². The summed E-state index contributed by atoms with van der Waals surface area (Å²) in [6.45, 7) is -0.498. The van der Waals surface area contributed by atoms with Gasteiger partial charge in [0.1, 0.15) is 17.6 Å². The van der Waals surface area contributed by atoms with Crippen LogP contribution in [0.2, 0.25) is 0 Å². The fourth-order valence-electron chi connectivity index (χ4n) is 3.60. The number of rotatable bonds is 7. The molecule has 35 heavy (non-hydrogen) atoms. The maximum Gasteiger partial charge on any atom is 0.324 e. The van der Waals surface area contributed by atoms with Crippen LogP contribution in [-0.4, -0.2) is 45.6 Å². The molecule has 4 rings (SSSR count). The molecular formula is C24H21F2N5O4. The summed E-state index contributed by atoms with van der Waals surface area (Å²) in [4.78, 5) is 50.6. The van der Waals surface area contributed by atoms with Gasteiger partial charge in [0.05, 0.1) is 18.8 Å². The minimum atomic E-state index is -1.20. The maximum atomic E-state index is 14.0. The highest BCUT2D eigenvalue weighted by Crippen LogP contribution is 2.17. The van der Waals surface area contributed by atoms with Crippen LogP contribution in [0.15, 0.2) is 65.5 Å². The molecule has 4 amide bonds. The number of nitrogens with one attached hydrogen (secondary N) is 2. The fourth-order valence-corrected chi connectivity index (χ4v) is 3.60. The quantitative estimate of drug-likeness (QED) is 0.499. The van der Waals surface area contributed by atoms with Gasteiger partial charge in [0.2, 0.25) is 11.8 Å². The zero-order valence-corrected chi connectivity index (χ0v) is 18.4. The molecule has 2 heterocycles. The molecule has 2 N–H and O–H groups in total. The van der Waals surface area contributed by atoms with Crippen molar-refractivity contribution in [1.29, 1.82) is 0 Å².